The molecule has 3 aromatic rings. The van der Waals surface area contributed by atoms with Gasteiger partial charge in [0.25, 0.3) is 10.0 Å². The SMILES string of the molecule is CCC(C)NC(=O)C(C)N(Cc1ccccc1Cl)C(=O)CN(c1ccc(Cl)cc1)S(=O)(=O)c1ccc(C)cc1. The number of benzene rings is 3. The third kappa shape index (κ3) is 7.75. The standard InChI is InChI=1S/C29H33Cl2N3O4S/c1-5-21(3)32-29(36)22(4)33(18-23-8-6-7-9-27(23)31)28(35)19-34(25-14-12-24(30)13-15-25)39(37,38)26-16-10-20(2)11-17-26/h6-17,21-22H,5,18-19H2,1-4H3,(H,32,36). The van der Waals surface area contributed by atoms with Gasteiger partial charge in [-0.2, -0.15) is 0 Å². The number of nitrogens with zero attached hydrogens (tertiary/aromatic N) is 2. The Morgan fingerprint density at radius 2 is 1.54 bits per heavy atom. The molecule has 208 valence electrons. The summed E-state index contributed by atoms with van der Waals surface area (Å²) in [5, 5.41) is 3.77. The molecule has 3 aromatic carbocycles. The molecule has 0 heterocycles. The number of hydrogen-bond acceptors (Lipinski definition) is 4. The summed E-state index contributed by atoms with van der Waals surface area (Å²) < 4.78 is 28.7. The molecule has 0 saturated heterocycles. The van der Waals surface area contributed by atoms with E-state index in [4.69, 9.17) is 23.2 Å². The Bertz CT molecular complexity index is 1400. The van der Waals surface area contributed by atoms with Crippen molar-refractivity contribution in [1.29, 1.82) is 0 Å². The largest absolute Gasteiger partial charge is 0.352 e. The third-order valence-corrected chi connectivity index (χ3v) is 8.88. The van der Waals surface area contributed by atoms with E-state index in [9.17, 15) is 18.0 Å². The van der Waals surface area contributed by atoms with Gasteiger partial charge in [0.1, 0.15) is 12.6 Å². The van der Waals surface area contributed by atoms with E-state index in [-0.39, 0.29) is 29.1 Å². The van der Waals surface area contributed by atoms with Crippen molar-refractivity contribution < 1.29 is 18.0 Å². The Morgan fingerprint density at radius 3 is 2.13 bits per heavy atom. The number of aryl methyl sites for hydroxylation is 1. The summed E-state index contributed by atoms with van der Waals surface area (Å²) in [5.41, 5.74) is 1.80. The van der Waals surface area contributed by atoms with Crippen LogP contribution in [0.5, 0.6) is 0 Å². The van der Waals surface area contributed by atoms with Gasteiger partial charge in [0.15, 0.2) is 0 Å². The second kappa shape index (κ2) is 13.3. The lowest BCUT2D eigenvalue weighted by atomic mass is 10.1. The van der Waals surface area contributed by atoms with Gasteiger partial charge >= 0.3 is 0 Å². The highest BCUT2D eigenvalue weighted by Gasteiger charge is 2.33. The summed E-state index contributed by atoms with van der Waals surface area (Å²) in [6, 6.07) is 18.6. The van der Waals surface area contributed by atoms with E-state index < -0.39 is 28.5 Å². The minimum atomic E-state index is -4.15. The number of hydrogen-bond donors (Lipinski definition) is 1. The van der Waals surface area contributed by atoms with Crippen molar-refractivity contribution in [2.75, 3.05) is 10.8 Å². The monoisotopic (exact) mass is 589 g/mol. The van der Waals surface area contributed by atoms with Crippen molar-refractivity contribution in [3.05, 3.63) is 94.0 Å². The minimum Gasteiger partial charge on any atom is -0.352 e. The van der Waals surface area contributed by atoms with Crippen LogP contribution >= 0.6 is 23.2 Å². The molecule has 0 aliphatic rings. The molecule has 3 rings (SSSR count). The number of sulfonamides is 1. The molecule has 0 fully saturated rings. The Balaban J connectivity index is 2.03. The maximum absolute atomic E-state index is 13.9. The van der Waals surface area contributed by atoms with Gasteiger partial charge in [-0.3, -0.25) is 13.9 Å². The lowest BCUT2D eigenvalue weighted by molar-refractivity contribution is -0.139. The van der Waals surface area contributed by atoms with Crippen molar-refractivity contribution in [2.45, 2.75) is 57.6 Å². The van der Waals surface area contributed by atoms with Crippen LogP contribution < -0.4 is 9.62 Å². The van der Waals surface area contributed by atoms with E-state index in [0.29, 0.717) is 15.6 Å². The van der Waals surface area contributed by atoms with Crippen LogP contribution in [-0.4, -0.2) is 43.8 Å². The van der Waals surface area contributed by atoms with Crippen molar-refractivity contribution in [3.63, 3.8) is 0 Å². The van der Waals surface area contributed by atoms with Gasteiger partial charge in [-0.05, 0) is 75.2 Å². The van der Waals surface area contributed by atoms with Gasteiger partial charge in [0.2, 0.25) is 11.8 Å². The molecule has 0 radical (unpaired) electrons. The fraction of sp³-hybridized carbons (Fsp3) is 0.310. The molecule has 2 unspecified atom stereocenters. The summed E-state index contributed by atoms with van der Waals surface area (Å²) in [4.78, 5) is 28.4. The number of carbonyl (C=O) groups excluding carboxylic acids is 2. The van der Waals surface area contributed by atoms with Crippen LogP contribution in [0.3, 0.4) is 0 Å². The Hall–Kier alpha value is -3.07. The fourth-order valence-electron chi connectivity index (χ4n) is 3.83. The molecule has 2 atom stereocenters. The first kappa shape index (κ1) is 30.5. The molecule has 0 aromatic heterocycles. The van der Waals surface area contributed by atoms with Gasteiger partial charge in [-0.25, -0.2) is 8.42 Å². The highest BCUT2D eigenvalue weighted by molar-refractivity contribution is 7.92. The zero-order valence-electron chi connectivity index (χ0n) is 22.4. The minimum absolute atomic E-state index is 0.0205. The Labute approximate surface area is 240 Å². The van der Waals surface area contributed by atoms with Gasteiger partial charge in [-0.1, -0.05) is 66.0 Å². The number of anilines is 1. The van der Waals surface area contributed by atoms with Crippen molar-refractivity contribution in [1.82, 2.24) is 10.2 Å². The lowest BCUT2D eigenvalue weighted by Gasteiger charge is -2.32. The first-order valence-corrected chi connectivity index (χ1v) is 14.8. The molecule has 39 heavy (non-hydrogen) atoms. The third-order valence-electron chi connectivity index (χ3n) is 6.47. The molecule has 0 aliphatic heterocycles. The van der Waals surface area contributed by atoms with Crippen molar-refractivity contribution in [2.24, 2.45) is 0 Å². The number of nitrogens with one attached hydrogen (secondary N) is 1. The predicted octanol–water partition coefficient (Wildman–Crippen LogP) is 5.83. The summed E-state index contributed by atoms with van der Waals surface area (Å²) in [6.45, 7) is 6.78. The van der Waals surface area contributed by atoms with Crippen LogP contribution in [0.15, 0.2) is 77.7 Å². The quantitative estimate of drug-likeness (QED) is 0.305. The summed E-state index contributed by atoms with van der Waals surface area (Å²) in [5.74, 6) is -0.906. The summed E-state index contributed by atoms with van der Waals surface area (Å²) >= 11 is 12.4. The van der Waals surface area contributed by atoms with E-state index in [1.54, 1.807) is 67.6 Å². The van der Waals surface area contributed by atoms with E-state index >= 15 is 0 Å². The smallest absolute Gasteiger partial charge is 0.264 e. The molecule has 0 bridgehead atoms. The Morgan fingerprint density at radius 1 is 0.923 bits per heavy atom. The van der Waals surface area contributed by atoms with Gasteiger partial charge in [-0.15, -0.1) is 0 Å². The number of carbonyl (C=O) groups is 2. The predicted molar refractivity (Wildman–Crippen MR) is 157 cm³/mol. The maximum Gasteiger partial charge on any atom is 0.264 e. The highest BCUT2D eigenvalue weighted by atomic mass is 35.5. The van der Waals surface area contributed by atoms with Crippen LogP contribution in [0, 0.1) is 6.92 Å². The molecule has 7 nitrogen and oxygen atoms in total. The zero-order chi connectivity index (χ0) is 28.7. The first-order chi connectivity index (χ1) is 18.4. The van der Waals surface area contributed by atoms with Crippen molar-refractivity contribution in [3.8, 4) is 0 Å². The van der Waals surface area contributed by atoms with E-state index in [0.717, 1.165) is 16.3 Å². The van der Waals surface area contributed by atoms with Gasteiger partial charge in [0, 0.05) is 22.6 Å². The van der Waals surface area contributed by atoms with E-state index in [1.807, 2.05) is 20.8 Å². The second-order valence-corrected chi connectivity index (χ2v) is 12.1. The van der Waals surface area contributed by atoms with Crippen LogP contribution in [-0.2, 0) is 26.2 Å². The number of halogens is 2. The molecule has 0 spiro atoms. The van der Waals surface area contributed by atoms with E-state index in [1.165, 1.54) is 17.0 Å². The summed E-state index contributed by atoms with van der Waals surface area (Å²) in [6.07, 6.45) is 0.718. The molecule has 0 aliphatic carbocycles. The molecular weight excluding hydrogens is 557 g/mol. The molecular formula is C29H33Cl2N3O4S. The fourth-order valence-corrected chi connectivity index (χ4v) is 5.57. The van der Waals surface area contributed by atoms with Crippen molar-refractivity contribution >= 4 is 50.7 Å². The molecule has 10 heteroatoms. The average Bonchev–Trinajstić information content (AvgIpc) is 2.91. The number of amides is 2. The Kier molecular flexibility index (Phi) is 10.4. The van der Waals surface area contributed by atoms with Crippen LogP contribution in [0.25, 0.3) is 0 Å². The first-order valence-electron chi connectivity index (χ1n) is 12.6. The normalized spacial score (nSPS) is 12.9. The van der Waals surface area contributed by atoms with Crippen LogP contribution in [0.2, 0.25) is 10.0 Å². The van der Waals surface area contributed by atoms with Gasteiger partial charge in [0.05, 0.1) is 10.6 Å². The molecule has 2 amide bonds. The molecule has 1 N–H and O–H groups in total. The molecule has 0 saturated carbocycles. The highest BCUT2D eigenvalue weighted by Crippen LogP contribution is 2.27. The maximum atomic E-state index is 13.9. The number of rotatable bonds is 11. The van der Waals surface area contributed by atoms with Crippen LogP contribution in [0.4, 0.5) is 5.69 Å². The average molecular weight is 591 g/mol. The topological polar surface area (TPSA) is 86.8 Å². The van der Waals surface area contributed by atoms with Crippen LogP contribution in [0.1, 0.15) is 38.3 Å². The summed E-state index contributed by atoms with van der Waals surface area (Å²) in [7, 11) is -4.15. The van der Waals surface area contributed by atoms with E-state index in [2.05, 4.69) is 5.32 Å². The van der Waals surface area contributed by atoms with Gasteiger partial charge < -0.3 is 10.2 Å². The second-order valence-electron chi connectivity index (χ2n) is 9.41. The lowest BCUT2D eigenvalue weighted by Crippen LogP contribution is -2.52. The zero-order valence-corrected chi connectivity index (χ0v) is 24.7.